The topological polar surface area (TPSA) is 149 Å². The van der Waals surface area contributed by atoms with E-state index in [-0.39, 0.29) is 40.9 Å². The summed E-state index contributed by atoms with van der Waals surface area (Å²) in [5.74, 6) is -1.65. The minimum Gasteiger partial charge on any atom is -0.547 e. The number of hydrogen-bond acceptors (Lipinski definition) is 9. The Morgan fingerprint density at radius 1 is 1.15 bits per heavy atom. The monoisotopic (exact) mass is 374 g/mol. The van der Waals surface area contributed by atoms with E-state index in [0.717, 1.165) is 0 Å². The van der Waals surface area contributed by atoms with E-state index in [1.807, 2.05) is 0 Å². The van der Waals surface area contributed by atoms with Crippen LogP contribution in [-0.2, 0) is 9.53 Å². The molecule has 0 bridgehead atoms. The van der Waals surface area contributed by atoms with Crippen LogP contribution < -0.4 is 45.0 Å². The Morgan fingerprint density at radius 3 is 2.50 bits per heavy atom. The van der Waals surface area contributed by atoms with Gasteiger partial charge in [0.05, 0.1) is 5.97 Å². The van der Waals surface area contributed by atoms with Crippen molar-refractivity contribution in [3.05, 3.63) is 40.2 Å². The summed E-state index contributed by atoms with van der Waals surface area (Å²) < 4.78 is 15.4. The summed E-state index contributed by atoms with van der Waals surface area (Å²) in [7, 11) is 0. The molecule has 2 unspecified atom stereocenters. The van der Waals surface area contributed by atoms with Crippen molar-refractivity contribution in [2.45, 2.75) is 37.6 Å². The molecular formula is C16H15NaO9. The summed E-state index contributed by atoms with van der Waals surface area (Å²) in [5, 5.41) is 40.9. The smallest absolute Gasteiger partial charge is 0.547 e. The van der Waals surface area contributed by atoms with Gasteiger partial charge in [0.25, 0.3) is 0 Å². The number of aliphatic carboxylic acids is 1. The number of carbonyl (C=O) groups is 1. The Bertz CT molecular complexity index is 864. The minimum absolute atomic E-state index is 0. The standard InChI is InChI=1S/C16H16O9.Na/c1-6-4-10(17)24-9-5-7(2-3-8(6)9)23-16-13(20)11(18)12(19)14(25-16)15(21)22;/h2-5,11-14,16,18-20H,1H3,(H,21,22);/q;+1/p-1/t11-,12-,13?,14?,16+;/m0./s1. The van der Waals surface area contributed by atoms with Crippen LogP contribution in [0.2, 0.25) is 0 Å². The Hall–Kier alpha value is -1.46. The summed E-state index contributed by atoms with van der Waals surface area (Å²) in [5.41, 5.74) is 0.374. The summed E-state index contributed by atoms with van der Waals surface area (Å²) in [6.07, 6.45) is -8.82. The van der Waals surface area contributed by atoms with Gasteiger partial charge in [-0.2, -0.15) is 0 Å². The van der Waals surface area contributed by atoms with Crippen molar-refractivity contribution in [1.29, 1.82) is 0 Å². The molecule has 10 heteroatoms. The second-order valence-electron chi connectivity index (χ2n) is 5.74. The van der Waals surface area contributed by atoms with Crippen LogP contribution in [-0.4, -0.2) is 52.0 Å². The molecule has 3 rings (SSSR count). The van der Waals surface area contributed by atoms with Crippen LogP contribution in [0, 0.1) is 6.92 Å². The summed E-state index contributed by atoms with van der Waals surface area (Å²) in [6.45, 7) is 1.73. The van der Waals surface area contributed by atoms with Gasteiger partial charge in [-0.05, 0) is 24.6 Å². The van der Waals surface area contributed by atoms with E-state index in [4.69, 9.17) is 13.9 Å². The Morgan fingerprint density at radius 2 is 1.85 bits per heavy atom. The average Bonchev–Trinajstić information content (AvgIpc) is 2.54. The molecule has 1 aromatic heterocycles. The van der Waals surface area contributed by atoms with Crippen molar-refractivity contribution >= 4 is 16.9 Å². The number of carboxylic acid groups (broad SMARTS) is 1. The molecule has 1 saturated heterocycles. The van der Waals surface area contributed by atoms with Crippen LogP contribution >= 0.6 is 0 Å². The average molecular weight is 374 g/mol. The Balaban J connectivity index is 0.00000243. The first-order valence-corrected chi connectivity index (χ1v) is 7.39. The number of benzene rings is 1. The van der Waals surface area contributed by atoms with Crippen LogP contribution in [0.3, 0.4) is 0 Å². The molecule has 1 aromatic carbocycles. The fourth-order valence-electron chi connectivity index (χ4n) is 2.65. The first kappa shape index (κ1) is 20.8. The third-order valence-electron chi connectivity index (χ3n) is 3.98. The normalized spacial score (nSPS) is 28.4. The van der Waals surface area contributed by atoms with Gasteiger partial charge in [-0.25, -0.2) is 4.79 Å². The fraction of sp³-hybridized carbons (Fsp3) is 0.375. The Labute approximate surface area is 169 Å². The number of carboxylic acids is 1. The van der Waals surface area contributed by atoms with E-state index < -0.39 is 42.3 Å². The molecule has 5 atom stereocenters. The Kier molecular flexibility index (Phi) is 6.46. The molecule has 2 heterocycles. The molecule has 1 aliphatic rings. The van der Waals surface area contributed by atoms with Crippen LogP contribution in [0.5, 0.6) is 5.75 Å². The van der Waals surface area contributed by atoms with Crippen molar-refractivity contribution in [3.63, 3.8) is 0 Å². The van der Waals surface area contributed by atoms with Crippen molar-refractivity contribution < 1.29 is 68.7 Å². The second-order valence-corrected chi connectivity index (χ2v) is 5.74. The molecular weight excluding hydrogens is 359 g/mol. The van der Waals surface area contributed by atoms with Crippen LogP contribution in [0.15, 0.2) is 33.5 Å². The van der Waals surface area contributed by atoms with Gasteiger partial charge in [0.15, 0.2) is 0 Å². The van der Waals surface area contributed by atoms with Gasteiger partial charge in [-0.3, -0.25) is 0 Å². The van der Waals surface area contributed by atoms with E-state index in [1.165, 1.54) is 18.2 Å². The van der Waals surface area contributed by atoms with Crippen molar-refractivity contribution in [1.82, 2.24) is 0 Å². The molecule has 0 aliphatic carbocycles. The predicted molar refractivity (Wildman–Crippen MR) is 79.5 cm³/mol. The van der Waals surface area contributed by atoms with Crippen LogP contribution in [0.25, 0.3) is 11.0 Å². The maximum atomic E-state index is 11.4. The number of ether oxygens (including phenoxy) is 2. The fourth-order valence-corrected chi connectivity index (χ4v) is 2.65. The first-order valence-electron chi connectivity index (χ1n) is 7.39. The molecule has 2 aromatic rings. The zero-order valence-corrected chi connectivity index (χ0v) is 16.0. The molecule has 1 aliphatic heterocycles. The molecule has 26 heavy (non-hydrogen) atoms. The van der Waals surface area contributed by atoms with E-state index in [0.29, 0.717) is 10.9 Å². The number of carbonyl (C=O) groups excluding carboxylic acids is 1. The third-order valence-corrected chi connectivity index (χ3v) is 3.98. The second kappa shape index (κ2) is 8.05. The predicted octanol–water partition coefficient (Wildman–Crippen LogP) is -4.96. The molecule has 3 N–H and O–H groups in total. The number of rotatable bonds is 3. The summed E-state index contributed by atoms with van der Waals surface area (Å²) in [4.78, 5) is 22.4. The van der Waals surface area contributed by atoms with E-state index in [9.17, 15) is 30.0 Å². The maximum Gasteiger partial charge on any atom is 1.00 e. The molecule has 9 nitrogen and oxygen atoms in total. The minimum atomic E-state index is -1.87. The van der Waals surface area contributed by atoms with Crippen molar-refractivity contribution in [2.75, 3.05) is 0 Å². The van der Waals surface area contributed by atoms with Crippen LogP contribution in [0.1, 0.15) is 5.56 Å². The summed E-state index contributed by atoms with van der Waals surface area (Å²) in [6, 6.07) is 5.81. The summed E-state index contributed by atoms with van der Waals surface area (Å²) >= 11 is 0. The van der Waals surface area contributed by atoms with Crippen molar-refractivity contribution in [2.24, 2.45) is 0 Å². The van der Waals surface area contributed by atoms with Gasteiger partial charge in [0.2, 0.25) is 6.29 Å². The van der Waals surface area contributed by atoms with Gasteiger partial charge in [-0.1, -0.05) is 0 Å². The third kappa shape index (κ3) is 3.94. The van der Waals surface area contributed by atoms with E-state index in [1.54, 1.807) is 13.0 Å². The van der Waals surface area contributed by atoms with Gasteiger partial charge in [0, 0.05) is 17.5 Å². The SMILES string of the molecule is Cc1cc(=O)oc2cc(O[C@@H]3OC(C(=O)[O-])[C@@H](O)[C@H](O)C3O)ccc12.[Na+]. The zero-order chi connectivity index (χ0) is 18.3. The van der Waals surface area contributed by atoms with Gasteiger partial charge >= 0.3 is 35.2 Å². The molecule has 0 radical (unpaired) electrons. The number of hydrogen-bond donors (Lipinski definition) is 3. The van der Waals surface area contributed by atoms with Crippen LogP contribution in [0.4, 0.5) is 0 Å². The number of aliphatic hydroxyl groups excluding tert-OH is 3. The van der Waals surface area contributed by atoms with Gasteiger partial charge < -0.3 is 39.1 Å². The number of aryl methyl sites for hydroxylation is 1. The van der Waals surface area contributed by atoms with Crippen molar-refractivity contribution in [3.8, 4) is 5.75 Å². The number of aliphatic hydroxyl groups is 3. The maximum absolute atomic E-state index is 11.4. The number of fused-ring (bicyclic) bond motifs is 1. The van der Waals surface area contributed by atoms with Gasteiger partial charge in [-0.15, -0.1) is 0 Å². The molecule has 0 saturated carbocycles. The first-order chi connectivity index (χ1) is 11.8. The van der Waals surface area contributed by atoms with E-state index in [2.05, 4.69) is 0 Å². The van der Waals surface area contributed by atoms with E-state index >= 15 is 0 Å². The molecule has 134 valence electrons. The zero-order valence-electron chi connectivity index (χ0n) is 14.0. The largest absolute Gasteiger partial charge is 1.00 e. The molecule has 0 spiro atoms. The quantitative estimate of drug-likeness (QED) is 0.355. The van der Waals surface area contributed by atoms with Gasteiger partial charge in [0.1, 0.15) is 35.7 Å². The molecule has 1 fully saturated rings. The molecule has 0 amide bonds.